The van der Waals surface area contributed by atoms with Crippen LogP contribution >= 0.6 is 35.0 Å². The predicted octanol–water partition coefficient (Wildman–Crippen LogP) is 4.62. The molecule has 1 aromatic heterocycles. The number of thioether (sulfide) groups is 1. The molecule has 2 aromatic carbocycles. The van der Waals surface area contributed by atoms with Crippen molar-refractivity contribution in [2.45, 2.75) is 11.6 Å². The van der Waals surface area contributed by atoms with Gasteiger partial charge in [-0.3, -0.25) is 5.41 Å². The summed E-state index contributed by atoms with van der Waals surface area (Å²) in [6, 6.07) is 8.50. The summed E-state index contributed by atoms with van der Waals surface area (Å²) in [5, 5.41) is 12.4. The minimum Gasteiger partial charge on any atom is -0.493 e. The molecule has 1 aliphatic heterocycles. The summed E-state index contributed by atoms with van der Waals surface area (Å²) >= 11 is 13.3. The molecule has 0 fully saturated rings. The number of halogens is 5. The van der Waals surface area contributed by atoms with Gasteiger partial charge in [0.05, 0.1) is 34.0 Å². The monoisotopic (exact) mass is 558 g/mol. The molecule has 1 aliphatic rings. The average molecular weight is 559 g/mol. The van der Waals surface area contributed by atoms with E-state index in [2.05, 4.69) is 20.6 Å². The van der Waals surface area contributed by atoms with Crippen LogP contribution in [0.25, 0.3) is 10.9 Å². The number of nitrogens with one attached hydrogen (secondary N) is 2. The lowest BCUT2D eigenvalue weighted by atomic mass is 10.0. The molecule has 0 saturated heterocycles. The first-order valence-corrected chi connectivity index (χ1v) is 12.2. The van der Waals surface area contributed by atoms with Gasteiger partial charge in [-0.1, -0.05) is 29.3 Å². The van der Waals surface area contributed by atoms with Crippen LogP contribution < -0.4 is 25.5 Å². The Morgan fingerprint density at radius 2 is 1.92 bits per heavy atom. The minimum atomic E-state index is -4.59. The fraction of sp³-hybridized carbons (Fsp3) is 0.261. The summed E-state index contributed by atoms with van der Waals surface area (Å²) in [6.07, 6.45) is -1.72. The van der Waals surface area contributed by atoms with Crippen LogP contribution in [0.3, 0.4) is 0 Å². The van der Waals surface area contributed by atoms with E-state index in [-0.39, 0.29) is 6.61 Å². The number of anilines is 2. The van der Waals surface area contributed by atoms with Crippen LogP contribution in [-0.4, -0.2) is 48.0 Å². The molecular weight excluding hydrogens is 538 g/mol. The Kier molecular flexibility index (Phi) is 7.84. The van der Waals surface area contributed by atoms with Crippen molar-refractivity contribution in [2.24, 2.45) is 5.92 Å². The van der Waals surface area contributed by atoms with E-state index >= 15 is 0 Å². The standard InChI is InChI=1S/C23H20Cl2F3N5O2S/c1-30-22-14(20(29)23(26,27)28)6-12(36-22)9-35-19-8-17-13(7-18(19)34-2)21(32-10-31-17)33-11-3-4-15(24)16(25)5-11/h3-8,10,14,22,29-30H,9H2,1-2H3,(H,31,32,33)/p+1. The van der Waals surface area contributed by atoms with Crippen molar-refractivity contribution >= 4 is 63.1 Å². The fourth-order valence-corrected chi connectivity index (χ4v) is 5.09. The third kappa shape index (κ3) is 5.64. The van der Waals surface area contributed by atoms with Gasteiger partial charge in [0.25, 0.3) is 5.71 Å². The van der Waals surface area contributed by atoms with E-state index in [1.54, 1.807) is 37.4 Å². The molecule has 2 heterocycles. The first kappa shape index (κ1) is 26.3. The number of nitrogens with zero attached hydrogens (tertiary/aromatic N) is 2. The zero-order chi connectivity index (χ0) is 26.0. The Morgan fingerprint density at radius 3 is 2.58 bits per heavy atom. The highest BCUT2D eigenvalue weighted by Gasteiger charge is 2.48. The maximum atomic E-state index is 13.1. The van der Waals surface area contributed by atoms with E-state index in [0.29, 0.717) is 48.9 Å². The molecule has 13 heteroatoms. The van der Waals surface area contributed by atoms with Crippen LogP contribution in [-0.2, 0) is 0 Å². The molecule has 7 nitrogen and oxygen atoms in total. The third-order valence-electron chi connectivity index (χ3n) is 5.41. The van der Waals surface area contributed by atoms with Crippen molar-refractivity contribution in [3.8, 4) is 11.5 Å². The summed E-state index contributed by atoms with van der Waals surface area (Å²) in [5.74, 6) is 0.291. The number of hydrogen-bond donors (Lipinski definition) is 3. The van der Waals surface area contributed by atoms with Crippen LogP contribution in [0.15, 0.2) is 47.6 Å². The van der Waals surface area contributed by atoms with Gasteiger partial charge in [0.15, 0.2) is 11.5 Å². The summed E-state index contributed by atoms with van der Waals surface area (Å²) in [7, 11) is 3.07. The lowest BCUT2D eigenvalue weighted by Gasteiger charge is -2.17. The smallest absolute Gasteiger partial charge is 0.473 e. The minimum absolute atomic E-state index is 0.0335. The molecule has 0 saturated carbocycles. The Balaban J connectivity index is 1.57. The Labute approximate surface area is 218 Å². The number of benzene rings is 2. The molecule has 0 spiro atoms. The highest BCUT2D eigenvalue weighted by Crippen LogP contribution is 2.40. The second-order valence-electron chi connectivity index (χ2n) is 7.72. The normalized spacial score (nSPS) is 17.7. The Hall–Kier alpha value is -2.73. The number of nitrogens with two attached hydrogens (primary N) is 1. The Morgan fingerprint density at radius 1 is 1.14 bits per heavy atom. The van der Waals surface area contributed by atoms with Gasteiger partial charge in [-0.25, -0.2) is 9.97 Å². The molecule has 0 bridgehead atoms. The largest absolute Gasteiger partial charge is 0.493 e. The van der Waals surface area contributed by atoms with E-state index in [1.165, 1.54) is 31.3 Å². The quantitative estimate of drug-likeness (QED) is 0.347. The molecule has 36 heavy (non-hydrogen) atoms. The number of rotatable bonds is 8. The van der Waals surface area contributed by atoms with E-state index < -0.39 is 23.2 Å². The zero-order valence-corrected chi connectivity index (χ0v) is 21.3. The highest BCUT2D eigenvalue weighted by atomic mass is 35.5. The van der Waals surface area contributed by atoms with E-state index in [0.717, 1.165) is 0 Å². The van der Waals surface area contributed by atoms with Gasteiger partial charge in [-0.15, -0.1) is 11.8 Å². The van der Waals surface area contributed by atoms with Crippen molar-refractivity contribution in [3.63, 3.8) is 0 Å². The summed E-state index contributed by atoms with van der Waals surface area (Å²) < 4.78 is 50.8. The van der Waals surface area contributed by atoms with Crippen LogP contribution in [0.1, 0.15) is 0 Å². The van der Waals surface area contributed by atoms with Gasteiger partial charge < -0.3 is 20.1 Å². The molecule has 2 atom stereocenters. The molecule has 4 N–H and O–H groups in total. The number of fused-ring (bicyclic) bond motifs is 1. The molecule has 3 aromatic rings. The van der Waals surface area contributed by atoms with E-state index in [1.807, 2.05) is 0 Å². The number of alkyl halides is 3. The molecule has 0 amide bonds. The van der Waals surface area contributed by atoms with Gasteiger partial charge in [0.2, 0.25) is 0 Å². The first-order chi connectivity index (χ1) is 17.1. The molecule has 0 aliphatic carbocycles. The SMILES string of the molecule is CNC1SC(COc2cc3ncnc(Nc4ccc(Cl)c(Cl)c4)c3cc2OC)=CC1C(=[NH2+])C(F)(F)F. The number of ether oxygens (including phenoxy) is 2. The number of aromatic nitrogens is 2. The average Bonchev–Trinajstić information content (AvgIpc) is 3.26. The van der Waals surface area contributed by atoms with Crippen molar-refractivity contribution < 1.29 is 28.1 Å². The number of hydrogen-bond acceptors (Lipinski definition) is 7. The van der Waals surface area contributed by atoms with Gasteiger partial charge >= 0.3 is 6.18 Å². The van der Waals surface area contributed by atoms with Gasteiger partial charge in [-0.05, 0) is 31.3 Å². The summed E-state index contributed by atoms with van der Waals surface area (Å²) in [5.41, 5.74) is 0.195. The Bertz CT molecular complexity index is 1340. The molecule has 2 unspecified atom stereocenters. The zero-order valence-electron chi connectivity index (χ0n) is 19.0. The van der Waals surface area contributed by atoms with Crippen LogP contribution in [0.4, 0.5) is 24.7 Å². The molecule has 0 radical (unpaired) electrons. The van der Waals surface area contributed by atoms with Gasteiger partial charge in [-0.2, -0.15) is 13.2 Å². The second-order valence-corrected chi connectivity index (χ2v) is 9.81. The maximum Gasteiger partial charge on any atom is 0.473 e. The van der Waals surface area contributed by atoms with Gasteiger partial charge in [0, 0.05) is 22.0 Å². The number of methoxy groups -OCH3 is 1. The van der Waals surface area contributed by atoms with E-state index in [9.17, 15) is 13.2 Å². The summed E-state index contributed by atoms with van der Waals surface area (Å²) in [4.78, 5) is 9.23. The van der Waals surface area contributed by atoms with Crippen LogP contribution in [0, 0.1) is 5.92 Å². The highest BCUT2D eigenvalue weighted by molar-refractivity contribution is 8.04. The van der Waals surface area contributed by atoms with Crippen molar-refractivity contribution in [2.75, 3.05) is 26.1 Å². The lowest BCUT2D eigenvalue weighted by molar-refractivity contribution is -0.174. The topological polar surface area (TPSA) is 93.9 Å². The van der Waals surface area contributed by atoms with Crippen molar-refractivity contribution in [1.29, 1.82) is 0 Å². The van der Waals surface area contributed by atoms with Crippen LogP contribution in [0.5, 0.6) is 11.5 Å². The fourth-order valence-electron chi connectivity index (χ4n) is 3.62. The molecule has 190 valence electrons. The third-order valence-corrected chi connectivity index (χ3v) is 7.49. The summed E-state index contributed by atoms with van der Waals surface area (Å²) in [6.45, 7) is 0.0335. The van der Waals surface area contributed by atoms with Gasteiger partial charge in [0.1, 0.15) is 18.8 Å². The van der Waals surface area contributed by atoms with Crippen molar-refractivity contribution in [3.05, 3.63) is 57.7 Å². The van der Waals surface area contributed by atoms with E-state index in [4.69, 9.17) is 38.1 Å². The predicted molar refractivity (Wildman–Crippen MR) is 136 cm³/mol. The van der Waals surface area contributed by atoms with Crippen LogP contribution in [0.2, 0.25) is 10.0 Å². The maximum absolute atomic E-state index is 13.1. The second kappa shape index (κ2) is 10.7. The molecular formula is C23H21Cl2F3N5O2S+. The van der Waals surface area contributed by atoms with Crippen molar-refractivity contribution in [1.82, 2.24) is 15.3 Å². The first-order valence-electron chi connectivity index (χ1n) is 10.5. The molecule has 4 rings (SSSR count). The lowest BCUT2D eigenvalue weighted by Crippen LogP contribution is -2.55.